The maximum absolute atomic E-state index is 13.2. The highest BCUT2D eigenvalue weighted by Gasteiger charge is 2.21. The molecule has 0 aliphatic carbocycles. The normalized spacial score (nSPS) is 13.3. The van der Waals surface area contributed by atoms with Crippen molar-refractivity contribution in [1.29, 1.82) is 0 Å². The van der Waals surface area contributed by atoms with E-state index in [4.69, 9.17) is 10.2 Å². The number of nitrogens with one attached hydrogen (secondary N) is 1. The second kappa shape index (κ2) is 5.21. The number of hydrogen-bond acceptors (Lipinski definition) is 4. The van der Waals surface area contributed by atoms with Crippen LogP contribution in [0.15, 0.2) is 29.2 Å². The van der Waals surface area contributed by atoms with Crippen LogP contribution < -0.4 is 4.72 Å². The first kappa shape index (κ1) is 13.6. The van der Waals surface area contributed by atoms with E-state index in [1.54, 1.807) is 4.72 Å². The predicted molar refractivity (Wildman–Crippen MR) is 55.2 cm³/mol. The third-order valence-electron chi connectivity index (χ3n) is 1.88. The predicted octanol–water partition coefficient (Wildman–Crippen LogP) is -0.450. The van der Waals surface area contributed by atoms with E-state index in [1.165, 1.54) is 12.1 Å². The monoisotopic (exact) mass is 263 g/mol. The fraction of sp³-hybridized carbons (Fsp3) is 0.222. The Hall–Kier alpha value is -1.51. The quantitative estimate of drug-likeness (QED) is 0.667. The summed E-state index contributed by atoms with van der Waals surface area (Å²) in [7, 11) is -4.17. The molecule has 8 heteroatoms. The summed E-state index contributed by atoms with van der Waals surface area (Å²) in [5, 5.41) is 17.2. The van der Waals surface area contributed by atoms with Gasteiger partial charge in [0.1, 0.15) is 10.7 Å². The molecule has 0 unspecified atom stereocenters. The fourth-order valence-corrected chi connectivity index (χ4v) is 2.13. The van der Waals surface area contributed by atoms with Crippen LogP contribution in [0.1, 0.15) is 0 Å². The van der Waals surface area contributed by atoms with Crippen molar-refractivity contribution in [2.45, 2.75) is 11.0 Å². The van der Waals surface area contributed by atoms with Crippen molar-refractivity contribution in [3.63, 3.8) is 0 Å². The molecule has 0 radical (unpaired) electrons. The molecule has 0 spiro atoms. The van der Waals surface area contributed by atoms with Gasteiger partial charge in [-0.15, -0.1) is 0 Å². The maximum Gasteiger partial charge on any atom is 0.333 e. The number of halogens is 1. The third kappa shape index (κ3) is 3.48. The molecular formula is C9H10FNO5S. The van der Waals surface area contributed by atoms with E-state index in [9.17, 15) is 17.6 Å². The molecule has 0 aromatic heterocycles. The van der Waals surface area contributed by atoms with Crippen molar-refractivity contribution < 1.29 is 27.8 Å². The first-order chi connectivity index (χ1) is 7.84. The molecule has 1 atom stereocenters. The van der Waals surface area contributed by atoms with Crippen molar-refractivity contribution in [2.24, 2.45) is 0 Å². The summed E-state index contributed by atoms with van der Waals surface area (Å²) in [5.41, 5.74) is 0. The summed E-state index contributed by atoms with van der Waals surface area (Å²) in [6, 6.07) is 4.64. The number of benzene rings is 1. The molecule has 0 aliphatic rings. The van der Waals surface area contributed by atoms with Gasteiger partial charge in [-0.25, -0.2) is 22.3 Å². The molecule has 6 nitrogen and oxygen atoms in total. The molecule has 0 saturated heterocycles. The average molecular weight is 263 g/mol. The minimum absolute atomic E-state index is 0.599. The second-order valence-electron chi connectivity index (χ2n) is 3.14. The van der Waals surface area contributed by atoms with E-state index in [0.29, 0.717) is 0 Å². The van der Waals surface area contributed by atoms with Crippen LogP contribution in [0.2, 0.25) is 0 Å². The lowest BCUT2D eigenvalue weighted by molar-refractivity contribution is -0.146. The van der Waals surface area contributed by atoms with Crippen molar-refractivity contribution in [1.82, 2.24) is 4.72 Å². The van der Waals surface area contributed by atoms with Crippen molar-refractivity contribution in [3.05, 3.63) is 30.1 Å². The van der Waals surface area contributed by atoms with E-state index in [0.717, 1.165) is 12.1 Å². The highest BCUT2D eigenvalue weighted by molar-refractivity contribution is 7.89. The zero-order valence-electron chi connectivity index (χ0n) is 8.50. The van der Waals surface area contributed by atoms with Crippen molar-refractivity contribution in [3.8, 4) is 0 Å². The lowest BCUT2D eigenvalue weighted by atomic mass is 10.3. The average Bonchev–Trinajstić information content (AvgIpc) is 2.26. The number of aliphatic carboxylic acids is 1. The van der Waals surface area contributed by atoms with Crippen LogP contribution in [0, 0.1) is 5.82 Å². The molecule has 0 saturated carbocycles. The SMILES string of the molecule is O=C(O)[C@@H](O)CNS(=O)(=O)c1ccccc1F. The van der Waals surface area contributed by atoms with Crippen LogP contribution in [0.3, 0.4) is 0 Å². The van der Waals surface area contributed by atoms with Crippen LogP contribution in [0.4, 0.5) is 4.39 Å². The summed E-state index contributed by atoms with van der Waals surface area (Å²) in [6.07, 6.45) is -1.88. The number of carboxylic acids is 1. The van der Waals surface area contributed by atoms with E-state index in [1.807, 2.05) is 0 Å². The van der Waals surface area contributed by atoms with Gasteiger partial charge in [0.05, 0.1) is 0 Å². The van der Waals surface area contributed by atoms with Gasteiger partial charge in [0.2, 0.25) is 10.0 Å². The smallest absolute Gasteiger partial charge is 0.333 e. The van der Waals surface area contributed by atoms with Crippen LogP contribution >= 0.6 is 0 Å². The third-order valence-corrected chi connectivity index (χ3v) is 3.33. The van der Waals surface area contributed by atoms with Gasteiger partial charge < -0.3 is 10.2 Å². The van der Waals surface area contributed by atoms with Gasteiger partial charge in [-0.2, -0.15) is 0 Å². The highest BCUT2D eigenvalue weighted by Crippen LogP contribution is 2.12. The van der Waals surface area contributed by atoms with Crippen LogP contribution in [-0.2, 0) is 14.8 Å². The maximum atomic E-state index is 13.2. The molecule has 1 aromatic rings. The summed E-state index contributed by atoms with van der Waals surface area (Å²) in [4.78, 5) is 9.66. The number of rotatable bonds is 5. The second-order valence-corrected chi connectivity index (χ2v) is 4.87. The Labute approximate surface area is 96.8 Å². The Morgan fingerprint density at radius 1 is 1.41 bits per heavy atom. The highest BCUT2D eigenvalue weighted by atomic mass is 32.2. The molecule has 0 amide bonds. The van der Waals surface area contributed by atoms with Gasteiger partial charge in [0.15, 0.2) is 6.10 Å². The number of aliphatic hydroxyl groups is 1. The van der Waals surface area contributed by atoms with Gasteiger partial charge in [0, 0.05) is 6.54 Å². The molecule has 0 fully saturated rings. The zero-order chi connectivity index (χ0) is 13.1. The van der Waals surface area contributed by atoms with Gasteiger partial charge >= 0.3 is 5.97 Å². The standard InChI is InChI=1S/C9H10FNO5S/c10-6-3-1-2-4-8(6)17(15,16)11-5-7(12)9(13)14/h1-4,7,11-12H,5H2,(H,13,14)/t7-/m0/s1. The molecule has 1 rings (SSSR count). The van der Waals surface area contributed by atoms with E-state index >= 15 is 0 Å². The molecule has 1 aromatic carbocycles. The number of carboxylic acid groups (broad SMARTS) is 1. The molecule has 0 heterocycles. The first-order valence-electron chi connectivity index (χ1n) is 4.49. The minimum Gasteiger partial charge on any atom is -0.479 e. The lowest BCUT2D eigenvalue weighted by Crippen LogP contribution is -2.36. The molecule has 0 aliphatic heterocycles. The summed E-state index contributed by atoms with van der Waals surface area (Å²) >= 11 is 0. The summed E-state index contributed by atoms with van der Waals surface area (Å²) in [6.45, 7) is -0.730. The largest absolute Gasteiger partial charge is 0.479 e. The Balaban J connectivity index is 2.84. The van der Waals surface area contributed by atoms with E-state index in [-0.39, 0.29) is 0 Å². The van der Waals surface area contributed by atoms with E-state index in [2.05, 4.69) is 0 Å². The fourth-order valence-electron chi connectivity index (χ4n) is 1.02. The van der Waals surface area contributed by atoms with Crippen molar-refractivity contribution >= 4 is 16.0 Å². The summed E-state index contributed by atoms with van der Waals surface area (Å²) in [5.74, 6) is -2.52. The first-order valence-corrected chi connectivity index (χ1v) is 5.98. The van der Waals surface area contributed by atoms with Crippen LogP contribution in [0.25, 0.3) is 0 Å². The molecule has 3 N–H and O–H groups in total. The number of hydrogen-bond donors (Lipinski definition) is 3. The van der Waals surface area contributed by atoms with Crippen molar-refractivity contribution in [2.75, 3.05) is 6.54 Å². The van der Waals surface area contributed by atoms with Gasteiger partial charge in [0.25, 0.3) is 0 Å². The number of carbonyl (C=O) groups is 1. The topological polar surface area (TPSA) is 104 Å². The molecule has 94 valence electrons. The van der Waals surface area contributed by atoms with Crippen LogP contribution in [0.5, 0.6) is 0 Å². The summed E-state index contributed by atoms with van der Waals surface area (Å²) < 4.78 is 38.0. The lowest BCUT2D eigenvalue weighted by Gasteiger charge is -2.09. The molecular weight excluding hydrogens is 253 g/mol. The Kier molecular flexibility index (Phi) is 4.16. The minimum atomic E-state index is -4.17. The van der Waals surface area contributed by atoms with E-state index < -0.39 is 39.4 Å². The Morgan fingerprint density at radius 3 is 2.53 bits per heavy atom. The van der Waals surface area contributed by atoms with Crippen LogP contribution in [-0.4, -0.2) is 37.2 Å². The molecule has 0 bridgehead atoms. The Bertz CT molecular complexity index is 516. The van der Waals surface area contributed by atoms with Gasteiger partial charge in [-0.05, 0) is 12.1 Å². The Morgan fingerprint density at radius 2 is 2.00 bits per heavy atom. The zero-order valence-corrected chi connectivity index (χ0v) is 9.32. The number of sulfonamides is 1. The van der Waals surface area contributed by atoms with Gasteiger partial charge in [-0.1, -0.05) is 12.1 Å². The number of aliphatic hydroxyl groups excluding tert-OH is 1. The van der Waals surface area contributed by atoms with Gasteiger partial charge in [-0.3, -0.25) is 0 Å². The molecule has 17 heavy (non-hydrogen) atoms.